The first-order valence-corrected chi connectivity index (χ1v) is 6.94. The predicted octanol–water partition coefficient (Wildman–Crippen LogP) is 2.45. The van der Waals surface area contributed by atoms with Crippen molar-refractivity contribution in [2.75, 3.05) is 11.4 Å². The summed E-state index contributed by atoms with van der Waals surface area (Å²) in [6.45, 7) is 5.74. The second-order valence-electron chi connectivity index (χ2n) is 4.55. The molecule has 2 rings (SSSR count). The molecule has 0 radical (unpaired) electrons. The number of nitrogens with two attached hydrogens (primary N) is 1. The molecule has 5 heteroatoms. The van der Waals surface area contributed by atoms with Gasteiger partial charge in [0.25, 0.3) is 0 Å². The minimum Gasteiger partial charge on any atom is -0.388 e. The monoisotopic (exact) mass is 286 g/mol. The maximum atomic E-state index is 5.56. The highest BCUT2D eigenvalue weighted by Crippen LogP contribution is 2.15. The lowest BCUT2D eigenvalue weighted by Gasteiger charge is -2.22. The molecule has 20 heavy (non-hydrogen) atoms. The molecule has 4 nitrogen and oxygen atoms in total. The lowest BCUT2D eigenvalue weighted by Crippen LogP contribution is -2.23. The van der Waals surface area contributed by atoms with Crippen LogP contribution in [0.15, 0.2) is 36.5 Å². The summed E-state index contributed by atoms with van der Waals surface area (Å²) in [5, 5.41) is 0. The molecule has 0 unspecified atom stereocenters. The van der Waals surface area contributed by atoms with Gasteiger partial charge in [0.15, 0.2) is 0 Å². The molecule has 0 aliphatic heterocycles. The zero-order chi connectivity index (χ0) is 14.5. The van der Waals surface area contributed by atoms with Crippen LogP contribution in [0.5, 0.6) is 0 Å². The van der Waals surface area contributed by atoms with Gasteiger partial charge in [0.1, 0.15) is 4.99 Å². The molecule has 0 aliphatic rings. The number of hydrogen-bond donors (Lipinski definition) is 1. The average molecular weight is 286 g/mol. The van der Waals surface area contributed by atoms with Gasteiger partial charge < -0.3 is 10.6 Å². The molecule has 0 saturated carbocycles. The normalized spacial score (nSPS) is 10.3. The fourth-order valence-electron chi connectivity index (χ4n) is 1.99. The lowest BCUT2D eigenvalue weighted by atomic mass is 10.2. The van der Waals surface area contributed by atoms with Gasteiger partial charge in [-0.05, 0) is 38.1 Å². The highest BCUT2D eigenvalue weighted by molar-refractivity contribution is 7.80. The first kappa shape index (κ1) is 14.4. The van der Waals surface area contributed by atoms with Gasteiger partial charge >= 0.3 is 0 Å². The van der Waals surface area contributed by atoms with Gasteiger partial charge in [-0.15, -0.1) is 0 Å². The van der Waals surface area contributed by atoms with E-state index in [2.05, 4.69) is 21.8 Å². The SMILES string of the molecule is CCN(Cc1cccc(C)n1)c1ccc(C(N)=S)nc1. The Morgan fingerprint density at radius 2 is 2.10 bits per heavy atom. The predicted molar refractivity (Wildman–Crippen MR) is 85.8 cm³/mol. The highest BCUT2D eigenvalue weighted by Gasteiger charge is 2.07. The minimum absolute atomic E-state index is 0.319. The third-order valence-corrected chi connectivity index (χ3v) is 3.26. The zero-order valence-corrected chi connectivity index (χ0v) is 12.5. The molecule has 2 aromatic heterocycles. The molecule has 0 aliphatic carbocycles. The smallest absolute Gasteiger partial charge is 0.122 e. The molecule has 0 aromatic carbocycles. The van der Waals surface area contributed by atoms with Crippen molar-refractivity contribution < 1.29 is 0 Å². The Morgan fingerprint density at radius 3 is 2.65 bits per heavy atom. The number of rotatable bonds is 5. The van der Waals surface area contributed by atoms with Crippen molar-refractivity contribution >= 4 is 22.9 Å². The van der Waals surface area contributed by atoms with Crippen molar-refractivity contribution in [1.82, 2.24) is 9.97 Å². The van der Waals surface area contributed by atoms with E-state index in [4.69, 9.17) is 18.0 Å². The first-order valence-electron chi connectivity index (χ1n) is 6.53. The van der Waals surface area contributed by atoms with Crippen LogP contribution in [0.2, 0.25) is 0 Å². The molecule has 2 N–H and O–H groups in total. The second kappa shape index (κ2) is 6.43. The van der Waals surface area contributed by atoms with Crippen LogP contribution in [0.4, 0.5) is 5.69 Å². The average Bonchev–Trinajstić information content (AvgIpc) is 2.45. The minimum atomic E-state index is 0.319. The number of thiocarbonyl (C=S) groups is 1. The summed E-state index contributed by atoms with van der Waals surface area (Å²) < 4.78 is 0. The Kier molecular flexibility index (Phi) is 4.63. The summed E-state index contributed by atoms with van der Waals surface area (Å²) in [6, 6.07) is 9.90. The fraction of sp³-hybridized carbons (Fsp3) is 0.267. The van der Waals surface area contributed by atoms with Gasteiger partial charge in [-0.25, -0.2) is 0 Å². The number of aromatic nitrogens is 2. The van der Waals surface area contributed by atoms with Crippen LogP contribution in [0.25, 0.3) is 0 Å². The van der Waals surface area contributed by atoms with Crippen molar-refractivity contribution in [1.29, 1.82) is 0 Å². The summed E-state index contributed by atoms with van der Waals surface area (Å²) in [7, 11) is 0. The number of anilines is 1. The standard InChI is InChI=1S/C15H18N4S/c1-3-19(10-12-6-4-5-11(2)18-12)13-7-8-14(15(16)20)17-9-13/h4-9H,3,10H2,1-2H3,(H2,16,20). The summed E-state index contributed by atoms with van der Waals surface area (Å²) >= 11 is 4.91. The highest BCUT2D eigenvalue weighted by atomic mass is 32.1. The largest absolute Gasteiger partial charge is 0.388 e. The maximum absolute atomic E-state index is 5.56. The molecule has 104 valence electrons. The van der Waals surface area contributed by atoms with E-state index in [-0.39, 0.29) is 0 Å². The van der Waals surface area contributed by atoms with E-state index in [0.717, 1.165) is 30.2 Å². The van der Waals surface area contributed by atoms with Gasteiger partial charge in [0, 0.05) is 12.2 Å². The molecular formula is C15H18N4S. The van der Waals surface area contributed by atoms with Crippen LogP contribution in [0, 0.1) is 6.92 Å². The van der Waals surface area contributed by atoms with Crippen molar-refractivity contribution in [3.05, 3.63) is 53.6 Å². The second-order valence-corrected chi connectivity index (χ2v) is 4.99. The van der Waals surface area contributed by atoms with E-state index in [0.29, 0.717) is 10.7 Å². The topological polar surface area (TPSA) is 55.0 Å². The summed E-state index contributed by atoms with van der Waals surface area (Å²) in [4.78, 5) is 11.3. The summed E-state index contributed by atoms with van der Waals surface area (Å²) in [6.07, 6.45) is 1.80. The van der Waals surface area contributed by atoms with Crippen LogP contribution in [0.1, 0.15) is 24.0 Å². The van der Waals surface area contributed by atoms with Crippen molar-refractivity contribution in [3.63, 3.8) is 0 Å². The van der Waals surface area contributed by atoms with E-state index in [9.17, 15) is 0 Å². The van der Waals surface area contributed by atoms with Crippen LogP contribution in [-0.2, 0) is 6.54 Å². The van der Waals surface area contributed by atoms with E-state index in [1.807, 2.05) is 37.3 Å². The van der Waals surface area contributed by atoms with Crippen molar-refractivity contribution in [3.8, 4) is 0 Å². The third-order valence-electron chi connectivity index (χ3n) is 3.05. The molecule has 0 amide bonds. The van der Waals surface area contributed by atoms with E-state index >= 15 is 0 Å². The molecule has 0 saturated heterocycles. The van der Waals surface area contributed by atoms with Gasteiger partial charge in [-0.2, -0.15) is 0 Å². The molecule has 2 heterocycles. The Labute approximate surface area is 124 Å². The Balaban J connectivity index is 2.17. The first-order chi connectivity index (χ1) is 9.60. The molecule has 2 aromatic rings. The molecule has 0 spiro atoms. The van der Waals surface area contributed by atoms with Crippen molar-refractivity contribution in [2.24, 2.45) is 5.73 Å². The Hall–Kier alpha value is -2.01. The molecule has 0 atom stereocenters. The zero-order valence-electron chi connectivity index (χ0n) is 11.7. The van der Waals surface area contributed by atoms with Gasteiger partial charge in [0.2, 0.25) is 0 Å². The number of nitrogens with zero attached hydrogens (tertiary/aromatic N) is 3. The number of pyridine rings is 2. The van der Waals surface area contributed by atoms with Gasteiger partial charge in [-0.1, -0.05) is 18.3 Å². The number of aryl methyl sites for hydroxylation is 1. The van der Waals surface area contributed by atoms with Crippen LogP contribution in [-0.4, -0.2) is 21.5 Å². The maximum Gasteiger partial charge on any atom is 0.122 e. The fourth-order valence-corrected chi connectivity index (χ4v) is 2.11. The van der Waals surface area contributed by atoms with E-state index < -0.39 is 0 Å². The Morgan fingerprint density at radius 1 is 1.30 bits per heavy atom. The Bertz CT molecular complexity index is 595. The summed E-state index contributed by atoms with van der Waals surface area (Å²) in [5.41, 5.74) is 9.32. The summed E-state index contributed by atoms with van der Waals surface area (Å²) in [5.74, 6) is 0. The molecule has 0 bridgehead atoms. The van der Waals surface area contributed by atoms with Crippen LogP contribution in [0.3, 0.4) is 0 Å². The quantitative estimate of drug-likeness (QED) is 0.856. The van der Waals surface area contributed by atoms with E-state index in [1.54, 1.807) is 6.20 Å². The number of hydrogen-bond acceptors (Lipinski definition) is 4. The van der Waals surface area contributed by atoms with E-state index in [1.165, 1.54) is 0 Å². The van der Waals surface area contributed by atoms with Crippen LogP contribution < -0.4 is 10.6 Å². The molecule has 0 fully saturated rings. The lowest BCUT2D eigenvalue weighted by molar-refractivity contribution is 0.803. The molecular weight excluding hydrogens is 268 g/mol. The van der Waals surface area contributed by atoms with Gasteiger partial charge in [0.05, 0.1) is 29.8 Å². The van der Waals surface area contributed by atoms with Gasteiger partial charge in [-0.3, -0.25) is 9.97 Å². The van der Waals surface area contributed by atoms with Crippen LogP contribution >= 0.6 is 12.2 Å². The van der Waals surface area contributed by atoms with Crippen molar-refractivity contribution in [2.45, 2.75) is 20.4 Å². The third kappa shape index (κ3) is 3.51.